The molecule has 2 heterocycles. The zero-order chi connectivity index (χ0) is 26.7. The van der Waals surface area contributed by atoms with Gasteiger partial charge in [0.1, 0.15) is 5.75 Å². The smallest absolute Gasteiger partial charge is 0.221 e. The molecule has 5 rings (SSSR count). The Morgan fingerprint density at radius 1 is 1.11 bits per heavy atom. The predicted octanol–water partition coefficient (Wildman–Crippen LogP) is 7.21. The van der Waals surface area contributed by atoms with E-state index < -0.39 is 0 Å². The first-order valence-corrected chi connectivity index (χ1v) is 13.7. The summed E-state index contributed by atoms with van der Waals surface area (Å²) in [7, 11) is 1.67. The number of fused-ring (bicyclic) bond motifs is 1. The van der Waals surface area contributed by atoms with E-state index in [-0.39, 0.29) is 23.8 Å². The molecule has 5 nitrogen and oxygen atoms in total. The van der Waals surface area contributed by atoms with Crippen LogP contribution in [0, 0.1) is 0 Å². The highest BCUT2D eigenvalue weighted by molar-refractivity contribution is 6.42. The van der Waals surface area contributed by atoms with Crippen LogP contribution in [0.4, 0.5) is 0 Å². The Kier molecular flexibility index (Phi) is 7.98. The van der Waals surface area contributed by atoms with Crippen LogP contribution in [0.5, 0.6) is 5.75 Å². The monoisotopic (exact) mass is 550 g/mol. The van der Waals surface area contributed by atoms with E-state index >= 15 is 0 Å². The summed E-state index contributed by atoms with van der Waals surface area (Å²) in [5.74, 6) is 0.600. The number of carbonyl (C=O) groups is 1. The van der Waals surface area contributed by atoms with Gasteiger partial charge in [0.15, 0.2) is 0 Å². The van der Waals surface area contributed by atoms with Crippen molar-refractivity contribution in [3.8, 4) is 5.75 Å². The van der Waals surface area contributed by atoms with Crippen LogP contribution >= 0.6 is 23.2 Å². The molecule has 0 radical (unpaired) electrons. The van der Waals surface area contributed by atoms with Crippen molar-refractivity contribution in [1.29, 1.82) is 0 Å². The molecule has 2 unspecified atom stereocenters. The Labute approximate surface area is 233 Å². The van der Waals surface area contributed by atoms with Gasteiger partial charge in [-0.2, -0.15) is 0 Å². The lowest BCUT2D eigenvalue weighted by Crippen LogP contribution is -2.40. The number of nitrogens with zero attached hydrogens (tertiary/aromatic N) is 1. The van der Waals surface area contributed by atoms with Crippen molar-refractivity contribution < 1.29 is 14.3 Å². The molecule has 1 saturated heterocycles. The zero-order valence-corrected chi connectivity index (χ0v) is 23.2. The van der Waals surface area contributed by atoms with Gasteiger partial charge >= 0.3 is 0 Å². The number of aromatic nitrogens is 1. The van der Waals surface area contributed by atoms with Gasteiger partial charge in [-0.3, -0.25) is 4.79 Å². The number of hydrogen-bond donors (Lipinski definition) is 1. The van der Waals surface area contributed by atoms with E-state index in [4.69, 9.17) is 32.7 Å². The van der Waals surface area contributed by atoms with Gasteiger partial charge in [-0.05, 0) is 66.8 Å². The van der Waals surface area contributed by atoms with Crippen LogP contribution in [0.25, 0.3) is 10.9 Å². The van der Waals surface area contributed by atoms with E-state index in [1.807, 2.05) is 36.4 Å². The van der Waals surface area contributed by atoms with Crippen molar-refractivity contribution in [3.05, 3.63) is 99.7 Å². The van der Waals surface area contributed by atoms with E-state index in [0.29, 0.717) is 23.1 Å². The van der Waals surface area contributed by atoms with Crippen LogP contribution < -0.4 is 10.1 Å². The molecule has 0 spiro atoms. The van der Waals surface area contributed by atoms with Crippen molar-refractivity contribution in [2.45, 2.75) is 44.2 Å². The van der Waals surface area contributed by atoms with E-state index in [9.17, 15) is 4.79 Å². The molecule has 1 aliphatic rings. The molecular formula is C31H32Cl2N2O3. The van der Waals surface area contributed by atoms with E-state index in [1.165, 1.54) is 0 Å². The third kappa shape index (κ3) is 5.85. The number of carbonyl (C=O) groups excluding carboxylic acids is 1. The Hall–Kier alpha value is -2.99. The molecule has 1 aliphatic heterocycles. The minimum absolute atomic E-state index is 0.0233. The van der Waals surface area contributed by atoms with Crippen LogP contribution in [0.2, 0.25) is 10.0 Å². The average Bonchev–Trinajstić information content (AvgIpc) is 3.52. The maximum Gasteiger partial charge on any atom is 0.221 e. The normalized spacial score (nSPS) is 18.0. The highest BCUT2D eigenvalue weighted by Gasteiger charge is 2.31. The van der Waals surface area contributed by atoms with E-state index in [1.54, 1.807) is 13.2 Å². The number of amides is 1. The first kappa shape index (κ1) is 26.6. The molecule has 2 atom stereocenters. The summed E-state index contributed by atoms with van der Waals surface area (Å²) in [6, 6.07) is 22.0. The molecule has 38 heavy (non-hydrogen) atoms. The fourth-order valence-electron chi connectivity index (χ4n) is 5.27. The van der Waals surface area contributed by atoms with Crippen molar-refractivity contribution in [2.75, 3.05) is 20.3 Å². The number of halogens is 2. The molecule has 1 N–H and O–H groups in total. The highest BCUT2D eigenvalue weighted by atomic mass is 35.5. The zero-order valence-electron chi connectivity index (χ0n) is 21.7. The van der Waals surface area contributed by atoms with Crippen LogP contribution in [0.3, 0.4) is 0 Å². The number of methoxy groups -OCH3 is 1. The van der Waals surface area contributed by atoms with Gasteiger partial charge in [-0.15, -0.1) is 0 Å². The van der Waals surface area contributed by atoms with Gasteiger partial charge in [0.25, 0.3) is 0 Å². The average molecular weight is 552 g/mol. The molecule has 1 aromatic heterocycles. The summed E-state index contributed by atoms with van der Waals surface area (Å²) in [6.07, 6.45) is 4.41. The molecule has 198 valence electrons. The molecule has 1 amide bonds. The predicted molar refractivity (Wildman–Crippen MR) is 154 cm³/mol. The second-order valence-corrected chi connectivity index (χ2v) is 11.0. The highest BCUT2D eigenvalue weighted by Crippen LogP contribution is 2.37. The third-order valence-corrected chi connectivity index (χ3v) is 8.14. The molecule has 1 fully saturated rings. The molecule has 0 saturated carbocycles. The minimum Gasteiger partial charge on any atom is -0.497 e. The number of rotatable bonds is 9. The minimum atomic E-state index is -0.302. The first-order valence-electron chi connectivity index (χ1n) is 12.9. The number of hydrogen-bond acceptors (Lipinski definition) is 3. The summed E-state index contributed by atoms with van der Waals surface area (Å²) in [5.41, 5.74) is 3.99. The van der Waals surface area contributed by atoms with Gasteiger partial charge < -0.3 is 19.4 Å². The second-order valence-electron chi connectivity index (χ2n) is 10.2. The Morgan fingerprint density at radius 2 is 1.89 bits per heavy atom. The van der Waals surface area contributed by atoms with Crippen LogP contribution in [0.15, 0.2) is 72.9 Å². The fraction of sp³-hybridized carbons (Fsp3) is 0.323. The third-order valence-electron chi connectivity index (χ3n) is 7.40. The number of ether oxygens (including phenoxy) is 2. The van der Waals surface area contributed by atoms with Crippen molar-refractivity contribution in [1.82, 2.24) is 9.88 Å². The standard InChI is InChI=1S/C31H32Cl2N2O3/c1-31(14-5-15-38-31)20-34-30(36)17-25(22-10-13-27(32)28(33)16-22)26-19-35(29-7-4-3-6-24(26)29)18-21-8-11-23(37-2)12-9-21/h3-4,6-13,16,19,25H,5,14-15,17-18,20H2,1-2H3,(H,34,36). The molecule has 3 aromatic carbocycles. The van der Waals surface area contributed by atoms with Crippen LogP contribution in [-0.4, -0.2) is 36.3 Å². The SMILES string of the molecule is COc1ccc(Cn2cc(C(CC(=O)NCC3(C)CCCO3)c3ccc(Cl)c(Cl)c3)c3ccccc32)cc1. The molecule has 4 aromatic rings. The molecule has 7 heteroatoms. The molecule has 0 aliphatic carbocycles. The largest absolute Gasteiger partial charge is 0.497 e. The lowest BCUT2D eigenvalue weighted by atomic mass is 9.88. The summed E-state index contributed by atoms with van der Waals surface area (Å²) in [4.78, 5) is 13.3. The molecular weight excluding hydrogens is 519 g/mol. The Bertz CT molecular complexity index is 1430. The van der Waals surface area contributed by atoms with Gasteiger partial charge in [-0.1, -0.05) is 59.6 Å². The van der Waals surface area contributed by atoms with E-state index in [0.717, 1.165) is 52.8 Å². The number of nitrogens with one attached hydrogen (secondary N) is 1. The first-order chi connectivity index (χ1) is 18.3. The van der Waals surface area contributed by atoms with Crippen LogP contribution in [-0.2, 0) is 16.1 Å². The van der Waals surface area contributed by atoms with Crippen LogP contribution in [0.1, 0.15) is 48.8 Å². The summed E-state index contributed by atoms with van der Waals surface area (Å²) < 4.78 is 13.4. The second kappa shape index (κ2) is 11.4. The topological polar surface area (TPSA) is 52.5 Å². The maximum absolute atomic E-state index is 13.3. The maximum atomic E-state index is 13.3. The van der Waals surface area contributed by atoms with Gasteiger partial charge in [0, 0.05) is 49.1 Å². The van der Waals surface area contributed by atoms with Gasteiger partial charge in [0.2, 0.25) is 5.91 Å². The Balaban J connectivity index is 1.49. The lowest BCUT2D eigenvalue weighted by molar-refractivity contribution is -0.122. The lowest BCUT2D eigenvalue weighted by Gasteiger charge is -2.24. The van der Waals surface area contributed by atoms with Gasteiger partial charge in [0.05, 0.1) is 22.8 Å². The Morgan fingerprint density at radius 3 is 2.61 bits per heavy atom. The summed E-state index contributed by atoms with van der Waals surface area (Å²) in [5, 5.41) is 5.20. The summed E-state index contributed by atoms with van der Waals surface area (Å²) >= 11 is 12.7. The fourth-order valence-corrected chi connectivity index (χ4v) is 5.57. The van der Waals surface area contributed by atoms with Crippen molar-refractivity contribution >= 4 is 40.0 Å². The van der Waals surface area contributed by atoms with Gasteiger partial charge in [-0.25, -0.2) is 0 Å². The number of benzene rings is 3. The van der Waals surface area contributed by atoms with Crippen molar-refractivity contribution in [3.63, 3.8) is 0 Å². The number of para-hydroxylation sites is 1. The molecule has 0 bridgehead atoms. The quantitative estimate of drug-likeness (QED) is 0.239. The summed E-state index contributed by atoms with van der Waals surface area (Å²) in [6.45, 7) is 4.00. The van der Waals surface area contributed by atoms with E-state index in [2.05, 4.69) is 47.3 Å². The van der Waals surface area contributed by atoms with Crippen molar-refractivity contribution in [2.24, 2.45) is 0 Å².